The Morgan fingerprint density at radius 2 is 2.31 bits per heavy atom. The minimum atomic E-state index is 0.760. The molecule has 0 unspecified atom stereocenters. The predicted octanol–water partition coefficient (Wildman–Crippen LogP) is 2.02. The van der Waals surface area contributed by atoms with Crippen molar-refractivity contribution in [3.8, 4) is 0 Å². The van der Waals surface area contributed by atoms with Crippen molar-refractivity contribution in [2.45, 2.75) is 10.8 Å². The summed E-state index contributed by atoms with van der Waals surface area (Å²) in [7, 11) is 0. The lowest BCUT2D eigenvalue weighted by molar-refractivity contribution is 0.0381. The van der Waals surface area contributed by atoms with E-state index in [-0.39, 0.29) is 0 Å². The summed E-state index contributed by atoms with van der Waals surface area (Å²) in [6.45, 7) is 5.08. The highest BCUT2D eigenvalue weighted by Crippen LogP contribution is 2.20. The fourth-order valence-corrected chi connectivity index (χ4v) is 3.63. The van der Waals surface area contributed by atoms with E-state index in [0.717, 1.165) is 46.9 Å². The van der Waals surface area contributed by atoms with Gasteiger partial charge in [0.15, 0.2) is 8.29 Å². The number of aromatic amines is 1. The van der Waals surface area contributed by atoms with Gasteiger partial charge in [-0.05, 0) is 25.2 Å². The van der Waals surface area contributed by atoms with Gasteiger partial charge in [-0.3, -0.25) is 10.00 Å². The molecule has 0 spiro atoms. The van der Waals surface area contributed by atoms with Crippen LogP contribution < -0.4 is 0 Å². The first-order chi connectivity index (χ1) is 7.84. The zero-order valence-electron chi connectivity index (χ0n) is 8.98. The van der Waals surface area contributed by atoms with Crippen molar-refractivity contribution < 1.29 is 4.74 Å². The zero-order valence-corrected chi connectivity index (χ0v) is 11.4. The molecule has 1 aliphatic rings. The van der Waals surface area contributed by atoms with E-state index in [1.54, 1.807) is 23.1 Å². The van der Waals surface area contributed by atoms with Crippen LogP contribution in [0.5, 0.6) is 0 Å². The Labute approximate surface area is 108 Å². The molecule has 1 N–H and O–H groups in total. The van der Waals surface area contributed by atoms with Crippen LogP contribution in [0, 0.1) is 3.95 Å². The van der Waals surface area contributed by atoms with Gasteiger partial charge in [0.25, 0.3) is 0 Å². The summed E-state index contributed by atoms with van der Waals surface area (Å²) in [5, 5.41) is 6.91. The monoisotopic (exact) mass is 277 g/mol. The number of aromatic nitrogens is 2. The third-order valence-corrected chi connectivity index (χ3v) is 4.68. The largest absolute Gasteiger partial charge is 0.379 e. The summed E-state index contributed by atoms with van der Waals surface area (Å²) in [5.74, 6) is 1.10. The van der Waals surface area contributed by atoms with Crippen LogP contribution in [0.1, 0.15) is 6.42 Å². The molecular formula is C9H15N3OS3. The van der Waals surface area contributed by atoms with E-state index in [4.69, 9.17) is 17.0 Å². The second kappa shape index (κ2) is 6.70. The lowest BCUT2D eigenvalue weighted by atomic mass is 10.4. The van der Waals surface area contributed by atoms with Crippen molar-refractivity contribution in [1.29, 1.82) is 0 Å². The number of nitrogens with zero attached hydrogens (tertiary/aromatic N) is 2. The normalized spacial score (nSPS) is 17.8. The summed E-state index contributed by atoms with van der Waals surface area (Å²) in [6.07, 6.45) is 1.19. The van der Waals surface area contributed by atoms with Crippen LogP contribution in [-0.2, 0) is 4.74 Å². The molecule has 0 saturated carbocycles. The molecule has 1 aromatic heterocycles. The Morgan fingerprint density at radius 1 is 1.50 bits per heavy atom. The molecule has 4 nitrogen and oxygen atoms in total. The Morgan fingerprint density at radius 3 is 3.00 bits per heavy atom. The smallest absolute Gasteiger partial charge is 0.177 e. The Balaban J connectivity index is 1.59. The van der Waals surface area contributed by atoms with E-state index in [1.807, 2.05) is 0 Å². The fourth-order valence-electron chi connectivity index (χ4n) is 1.55. The van der Waals surface area contributed by atoms with Crippen molar-refractivity contribution in [3.05, 3.63) is 3.95 Å². The van der Waals surface area contributed by atoms with E-state index < -0.39 is 0 Å². The third kappa shape index (κ3) is 4.14. The molecule has 0 amide bonds. The van der Waals surface area contributed by atoms with Gasteiger partial charge < -0.3 is 4.74 Å². The van der Waals surface area contributed by atoms with E-state index in [1.165, 1.54) is 6.42 Å². The minimum absolute atomic E-state index is 0.760. The first-order valence-corrected chi connectivity index (χ1v) is 7.54. The highest BCUT2D eigenvalue weighted by molar-refractivity contribution is 8.01. The van der Waals surface area contributed by atoms with Crippen LogP contribution in [0.4, 0.5) is 0 Å². The molecule has 2 rings (SSSR count). The highest BCUT2D eigenvalue weighted by Gasteiger charge is 2.09. The SMILES string of the molecule is S=c1[nH]nc(SCCCN2CCOCC2)s1. The summed E-state index contributed by atoms with van der Waals surface area (Å²) in [4.78, 5) is 2.45. The molecule has 0 aromatic carbocycles. The molecule has 0 bridgehead atoms. The second-order valence-corrected chi connectivity index (χ2v) is 6.54. The van der Waals surface area contributed by atoms with Gasteiger partial charge in [-0.2, -0.15) is 5.10 Å². The van der Waals surface area contributed by atoms with Gasteiger partial charge in [0.2, 0.25) is 0 Å². The van der Waals surface area contributed by atoms with Crippen molar-refractivity contribution in [3.63, 3.8) is 0 Å². The predicted molar refractivity (Wildman–Crippen MR) is 69.9 cm³/mol. The Kier molecular flexibility index (Phi) is 5.24. The molecule has 1 aliphatic heterocycles. The number of ether oxygens (including phenoxy) is 1. The Hall–Kier alpha value is 0.0500. The molecule has 1 fully saturated rings. The van der Waals surface area contributed by atoms with Crippen LogP contribution in [0.3, 0.4) is 0 Å². The fraction of sp³-hybridized carbons (Fsp3) is 0.778. The molecule has 90 valence electrons. The average molecular weight is 277 g/mol. The third-order valence-electron chi connectivity index (χ3n) is 2.37. The molecule has 1 saturated heterocycles. The van der Waals surface area contributed by atoms with Gasteiger partial charge in [-0.25, -0.2) is 0 Å². The first kappa shape index (κ1) is 12.5. The first-order valence-electron chi connectivity index (χ1n) is 5.33. The maximum Gasteiger partial charge on any atom is 0.177 e. The van der Waals surface area contributed by atoms with Crippen LogP contribution in [0.2, 0.25) is 0 Å². The molecule has 1 aromatic rings. The van der Waals surface area contributed by atoms with Gasteiger partial charge in [-0.15, -0.1) is 0 Å². The number of H-pyrrole nitrogens is 1. The summed E-state index contributed by atoms with van der Waals surface area (Å²) in [6, 6.07) is 0. The average Bonchev–Trinajstić information content (AvgIpc) is 2.72. The Bertz CT molecular complexity index is 359. The number of thioether (sulfide) groups is 1. The van der Waals surface area contributed by atoms with E-state index >= 15 is 0 Å². The van der Waals surface area contributed by atoms with Crippen LogP contribution in [0.25, 0.3) is 0 Å². The van der Waals surface area contributed by atoms with Crippen molar-refractivity contribution in [1.82, 2.24) is 15.1 Å². The molecule has 0 atom stereocenters. The van der Waals surface area contributed by atoms with Gasteiger partial charge in [0, 0.05) is 18.8 Å². The molecular weight excluding hydrogens is 262 g/mol. The number of rotatable bonds is 5. The standard InChI is InChI=1S/C9H15N3OS3/c14-8-10-11-9(16-8)15-7-1-2-12-3-5-13-6-4-12/h1-7H2,(H,10,14). The summed E-state index contributed by atoms with van der Waals surface area (Å²) in [5.41, 5.74) is 0. The quantitative estimate of drug-likeness (QED) is 0.506. The van der Waals surface area contributed by atoms with Crippen molar-refractivity contribution in [2.75, 3.05) is 38.6 Å². The maximum absolute atomic E-state index is 5.31. The number of morpholine rings is 1. The highest BCUT2D eigenvalue weighted by atomic mass is 32.2. The lowest BCUT2D eigenvalue weighted by Gasteiger charge is -2.26. The van der Waals surface area contributed by atoms with Crippen LogP contribution in [0.15, 0.2) is 4.34 Å². The minimum Gasteiger partial charge on any atom is -0.379 e. The molecule has 16 heavy (non-hydrogen) atoms. The summed E-state index contributed by atoms with van der Waals surface area (Å²) < 4.78 is 7.12. The topological polar surface area (TPSA) is 41.2 Å². The van der Waals surface area contributed by atoms with Gasteiger partial charge >= 0.3 is 0 Å². The lowest BCUT2D eigenvalue weighted by Crippen LogP contribution is -2.36. The number of nitrogens with one attached hydrogen (secondary N) is 1. The van der Waals surface area contributed by atoms with Gasteiger partial charge in [-0.1, -0.05) is 23.1 Å². The molecule has 0 radical (unpaired) electrons. The van der Waals surface area contributed by atoms with Crippen LogP contribution in [-0.4, -0.2) is 53.7 Å². The molecule has 7 heteroatoms. The van der Waals surface area contributed by atoms with E-state index in [0.29, 0.717) is 0 Å². The molecule has 2 heterocycles. The molecule has 0 aliphatic carbocycles. The second-order valence-electron chi connectivity index (χ2n) is 3.54. The number of hydrogen-bond donors (Lipinski definition) is 1. The zero-order chi connectivity index (χ0) is 11.2. The maximum atomic E-state index is 5.31. The van der Waals surface area contributed by atoms with E-state index in [2.05, 4.69) is 15.1 Å². The number of hydrogen-bond acceptors (Lipinski definition) is 6. The summed E-state index contributed by atoms with van der Waals surface area (Å²) >= 11 is 8.31. The van der Waals surface area contributed by atoms with Crippen LogP contribution >= 0.6 is 35.3 Å². The van der Waals surface area contributed by atoms with E-state index in [9.17, 15) is 0 Å². The van der Waals surface area contributed by atoms with Gasteiger partial charge in [0.05, 0.1) is 13.2 Å². The van der Waals surface area contributed by atoms with Gasteiger partial charge in [0.1, 0.15) is 0 Å². The van der Waals surface area contributed by atoms with Crippen molar-refractivity contribution >= 4 is 35.3 Å². The van der Waals surface area contributed by atoms with Crippen molar-refractivity contribution in [2.24, 2.45) is 0 Å².